The molecule has 0 aliphatic heterocycles. The van der Waals surface area contributed by atoms with Crippen LogP contribution >= 0.6 is 11.3 Å². The van der Waals surface area contributed by atoms with E-state index in [4.69, 9.17) is 4.42 Å². The average molecular weight is 413 g/mol. The van der Waals surface area contributed by atoms with Crippen LogP contribution in [0.3, 0.4) is 0 Å². The van der Waals surface area contributed by atoms with Crippen molar-refractivity contribution < 1.29 is 14.0 Å². The van der Waals surface area contributed by atoms with Gasteiger partial charge < -0.3 is 9.73 Å². The minimum atomic E-state index is -0.409. The van der Waals surface area contributed by atoms with Gasteiger partial charge in [-0.1, -0.05) is 25.1 Å². The Bertz CT molecular complexity index is 968. The van der Waals surface area contributed by atoms with Crippen LogP contribution in [0, 0.1) is 0 Å². The van der Waals surface area contributed by atoms with Gasteiger partial charge in [-0.05, 0) is 50.4 Å². The molecule has 2 heterocycles. The summed E-state index contributed by atoms with van der Waals surface area (Å²) >= 11 is 1.54. The zero-order valence-corrected chi connectivity index (χ0v) is 17.5. The van der Waals surface area contributed by atoms with Crippen LogP contribution in [0.5, 0.6) is 0 Å². The van der Waals surface area contributed by atoms with Gasteiger partial charge in [0.1, 0.15) is 0 Å². The lowest BCUT2D eigenvalue weighted by Gasteiger charge is -2.26. The van der Waals surface area contributed by atoms with E-state index in [1.54, 1.807) is 24.3 Å². The van der Waals surface area contributed by atoms with E-state index >= 15 is 0 Å². The molecule has 1 aromatic carbocycles. The van der Waals surface area contributed by atoms with E-state index in [0.717, 1.165) is 11.3 Å². The van der Waals surface area contributed by atoms with Crippen molar-refractivity contribution in [2.45, 2.75) is 39.8 Å². The lowest BCUT2D eigenvalue weighted by Crippen LogP contribution is -2.42. The van der Waals surface area contributed by atoms with Crippen LogP contribution in [0.2, 0.25) is 0 Å². The Morgan fingerprint density at radius 1 is 1.24 bits per heavy atom. The Balaban J connectivity index is 1.68. The molecule has 0 saturated carbocycles. The van der Waals surface area contributed by atoms with E-state index in [2.05, 4.69) is 22.4 Å². The molecular formula is C21H24N4O3S. The van der Waals surface area contributed by atoms with Crippen molar-refractivity contribution >= 4 is 28.7 Å². The molecule has 0 unspecified atom stereocenters. The number of amides is 1. The number of hydrogen-bond donors (Lipinski definition) is 1. The van der Waals surface area contributed by atoms with Crippen molar-refractivity contribution in [3.63, 3.8) is 0 Å². The molecule has 0 saturated heterocycles. The quantitative estimate of drug-likeness (QED) is 0.529. The van der Waals surface area contributed by atoms with Crippen LogP contribution in [0.15, 0.2) is 46.2 Å². The summed E-state index contributed by atoms with van der Waals surface area (Å²) in [5, 5.41) is 13.1. The number of ketones is 1. The highest BCUT2D eigenvalue weighted by Crippen LogP contribution is 2.23. The number of hydrogen-bond acceptors (Lipinski definition) is 7. The predicted octanol–water partition coefficient (Wildman–Crippen LogP) is 4.24. The summed E-state index contributed by atoms with van der Waals surface area (Å²) in [5.74, 6) is 0.765. The second-order valence-corrected chi connectivity index (χ2v) is 7.70. The van der Waals surface area contributed by atoms with E-state index in [0.29, 0.717) is 36.1 Å². The maximum Gasteiger partial charge on any atom is 0.257 e. The molecule has 0 radical (unpaired) electrons. The maximum atomic E-state index is 12.8. The number of carbonyl (C=O) groups excluding carboxylic acids is 2. The fourth-order valence-corrected chi connectivity index (χ4v) is 3.56. The van der Waals surface area contributed by atoms with Gasteiger partial charge in [0.05, 0.1) is 17.5 Å². The second-order valence-electron chi connectivity index (χ2n) is 6.75. The Kier molecular flexibility index (Phi) is 6.90. The van der Waals surface area contributed by atoms with Crippen LogP contribution in [0.25, 0.3) is 10.8 Å². The molecule has 0 fully saturated rings. The van der Waals surface area contributed by atoms with Gasteiger partial charge in [-0.15, -0.1) is 21.5 Å². The molecule has 29 heavy (non-hydrogen) atoms. The molecule has 3 rings (SSSR count). The predicted molar refractivity (Wildman–Crippen MR) is 113 cm³/mol. The standard InChI is InChI=1S/C21H24N4O3S/c1-4-10-25(13-19-23-24-21(28-19)18-9-6-11-29-18)14(2)20(27)22-17-8-5-7-16(12-17)15(3)26/h5-9,11-12,14H,4,10,13H2,1-3H3,(H,22,27)/t14-/m0/s1. The first kappa shape index (κ1) is 20.9. The van der Waals surface area contributed by atoms with Crippen molar-refractivity contribution in [2.24, 2.45) is 0 Å². The van der Waals surface area contributed by atoms with Gasteiger partial charge in [0.15, 0.2) is 5.78 Å². The highest BCUT2D eigenvalue weighted by molar-refractivity contribution is 7.13. The molecule has 0 aliphatic carbocycles. The molecule has 3 aromatic rings. The molecule has 1 N–H and O–H groups in total. The van der Waals surface area contributed by atoms with Gasteiger partial charge in [0, 0.05) is 11.3 Å². The molecule has 0 aliphatic rings. The minimum Gasteiger partial charge on any atom is -0.419 e. The maximum absolute atomic E-state index is 12.8. The van der Waals surface area contributed by atoms with E-state index < -0.39 is 6.04 Å². The van der Waals surface area contributed by atoms with Gasteiger partial charge in [-0.3, -0.25) is 14.5 Å². The van der Waals surface area contributed by atoms with Gasteiger partial charge >= 0.3 is 0 Å². The normalized spacial score (nSPS) is 12.1. The number of benzene rings is 1. The fourth-order valence-electron chi connectivity index (χ4n) is 2.92. The van der Waals surface area contributed by atoms with Crippen LogP contribution in [0.4, 0.5) is 5.69 Å². The molecule has 0 bridgehead atoms. The third-order valence-electron chi connectivity index (χ3n) is 4.51. The first-order chi connectivity index (χ1) is 14.0. The Morgan fingerprint density at radius 3 is 2.76 bits per heavy atom. The summed E-state index contributed by atoms with van der Waals surface area (Å²) in [7, 11) is 0. The highest BCUT2D eigenvalue weighted by Gasteiger charge is 2.23. The Hall–Kier alpha value is -2.84. The number of nitrogens with one attached hydrogen (secondary N) is 1. The summed E-state index contributed by atoms with van der Waals surface area (Å²) in [6, 6.07) is 10.4. The molecule has 0 spiro atoms. The number of rotatable bonds is 9. The average Bonchev–Trinajstić information content (AvgIpc) is 3.39. The van der Waals surface area contributed by atoms with Gasteiger partial charge in [-0.25, -0.2) is 0 Å². The minimum absolute atomic E-state index is 0.0419. The molecule has 2 aromatic heterocycles. The van der Waals surface area contributed by atoms with Crippen molar-refractivity contribution in [1.82, 2.24) is 15.1 Å². The summed E-state index contributed by atoms with van der Waals surface area (Å²) in [4.78, 5) is 27.3. The number of Topliss-reactive ketones (excluding diaryl/α,β-unsaturated/α-hetero) is 1. The van der Waals surface area contributed by atoms with Crippen LogP contribution < -0.4 is 5.32 Å². The summed E-state index contributed by atoms with van der Waals surface area (Å²) in [6.45, 7) is 6.49. The molecule has 1 atom stereocenters. The molecule has 152 valence electrons. The molecule has 7 nitrogen and oxygen atoms in total. The highest BCUT2D eigenvalue weighted by atomic mass is 32.1. The van der Waals surface area contributed by atoms with Crippen molar-refractivity contribution in [2.75, 3.05) is 11.9 Å². The molecule has 1 amide bonds. The number of aromatic nitrogens is 2. The first-order valence-electron chi connectivity index (χ1n) is 9.50. The summed E-state index contributed by atoms with van der Waals surface area (Å²) < 4.78 is 5.77. The second kappa shape index (κ2) is 9.58. The lowest BCUT2D eigenvalue weighted by molar-refractivity contribution is -0.121. The Morgan fingerprint density at radius 2 is 2.07 bits per heavy atom. The zero-order chi connectivity index (χ0) is 20.8. The fraction of sp³-hybridized carbons (Fsp3) is 0.333. The molecule has 8 heteroatoms. The summed E-state index contributed by atoms with van der Waals surface area (Å²) in [5.41, 5.74) is 1.16. The molecular weight excluding hydrogens is 388 g/mol. The van der Waals surface area contributed by atoms with Gasteiger partial charge in [-0.2, -0.15) is 0 Å². The summed E-state index contributed by atoms with van der Waals surface area (Å²) in [6.07, 6.45) is 0.878. The van der Waals surface area contributed by atoms with Crippen LogP contribution in [-0.2, 0) is 11.3 Å². The number of thiophene rings is 1. The lowest BCUT2D eigenvalue weighted by atomic mass is 10.1. The monoisotopic (exact) mass is 412 g/mol. The zero-order valence-electron chi connectivity index (χ0n) is 16.7. The first-order valence-corrected chi connectivity index (χ1v) is 10.4. The van der Waals surface area contributed by atoms with E-state index in [-0.39, 0.29) is 11.7 Å². The number of anilines is 1. The number of nitrogens with zero attached hydrogens (tertiary/aromatic N) is 3. The smallest absolute Gasteiger partial charge is 0.257 e. The Labute approximate surface area is 173 Å². The van der Waals surface area contributed by atoms with Crippen molar-refractivity contribution in [3.8, 4) is 10.8 Å². The third-order valence-corrected chi connectivity index (χ3v) is 5.37. The van der Waals surface area contributed by atoms with Gasteiger partial charge in [0.25, 0.3) is 5.89 Å². The van der Waals surface area contributed by atoms with Crippen molar-refractivity contribution in [1.29, 1.82) is 0 Å². The third kappa shape index (κ3) is 5.36. The SMILES string of the molecule is CCCN(Cc1nnc(-c2cccs2)o1)[C@@H](C)C(=O)Nc1cccc(C(C)=O)c1. The van der Waals surface area contributed by atoms with Gasteiger partial charge in [0.2, 0.25) is 11.8 Å². The van der Waals surface area contributed by atoms with E-state index in [9.17, 15) is 9.59 Å². The van der Waals surface area contributed by atoms with Crippen LogP contribution in [-0.4, -0.2) is 39.4 Å². The topological polar surface area (TPSA) is 88.3 Å². The van der Waals surface area contributed by atoms with Crippen LogP contribution in [0.1, 0.15) is 43.4 Å². The van der Waals surface area contributed by atoms with E-state index in [1.807, 2.05) is 29.3 Å². The largest absolute Gasteiger partial charge is 0.419 e. The number of carbonyl (C=O) groups is 2. The van der Waals surface area contributed by atoms with E-state index in [1.165, 1.54) is 18.3 Å². The van der Waals surface area contributed by atoms with Crippen molar-refractivity contribution in [3.05, 3.63) is 53.2 Å².